The average molecular weight is 285 g/mol. The first-order chi connectivity index (χ1) is 9.12. The molecule has 0 aromatic rings. The number of carbonyl (C=O) groups is 2. The van der Waals surface area contributed by atoms with Crippen molar-refractivity contribution in [3.63, 3.8) is 0 Å². The van der Waals surface area contributed by atoms with Gasteiger partial charge in [-0.1, -0.05) is 19.3 Å². The van der Waals surface area contributed by atoms with E-state index >= 15 is 0 Å². The molecule has 0 aromatic heterocycles. The van der Waals surface area contributed by atoms with Crippen molar-refractivity contribution in [1.82, 2.24) is 5.32 Å². The quantitative estimate of drug-likeness (QED) is 0.832. The lowest BCUT2D eigenvalue weighted by Crippen LogP contribution is -2.43. The molecule has 2 N–H and O–H groups in total. The number of hydrogen-bond acceptors (Lipinski definition) is 3. The van der Waals surface area contributed by atoms with Crippen molar-refractivity contribution in [3.8, 4) is 0 Å². The topological polar surface area (TPSA) is 66.4 Å². The Labute approximate surface area is 118 Å². The fourth-order valence-electron chi connectivity index (χ4n) is 3.12. The van der Waals surface area contributed by atoms with E-state index in [4.69, 9.17) is 0 Å². The molecular formula is C14H23NO3S. The maximum absolute atomic E-state index is 12.1. The normalized spacial score (nSPS) is 23.8. The molecule has 2 fully saturated rings. The van der Waals surface area contributed by atoms with Crippen molar-refractivity contribution in [1.29, 1.82) is 0 Å². The zero-order valence-corrected chi connectivity index (χ0v) is 12.1. The minimum Gasteiger partial charge on any atom is -0.481 e. The molecule has 1 saturated carbocycles. The van der Waals surface area contributed by atoms with Crippen LogP contribution in [0.15, 0.2) is 0 Å². The third kappa shape index (κ3) is 3.88. The van der Waals surface area contributed by atoms with Gasteiger partial charge in [0.25, 0.3) is 0 Å². The number of carbonyl (C=O) groups excluding carboxylic acids is 1. The first-order valence-electron chi connectivity index (χ1n) is 7.23. The number of aliphatic carboxylic acids is 1. The van der Waals surface area contributed by atoms with Crippen LogP contribution in [0.4, 0.5) is 0 Å². The fourth-order valence-corrected chi connectivity index (χ4v) is 4.23. The molecule has 1 heterocycles. The van der Waals surface area contributed by atoms with Gasteiger partial charge < -0.3 is 10.4 Å². The van der Waals surface area contributed by atoms with E-state index in [9.17, 15) is 14.7 Å². The Balaban J connectivity index is 1.89. The number of amides is 1. The number of thioether (sulfide) groups is 1. The maximum Gasteiger partial charge on any atom is 0.310 e. The van der Waals surface area contributed by atoms with Crippen LogP contribution < -0.4 is 5.32 Å². The van der Waals surface area contributed by atoms with E-state index in [0.717, 1.165) is 43.6 Å². The minimum atomic E-state index is -0.800. The first kappa shape index (κ1) is 14.7. The van der Waals surface area contributed by atoms with Crippen molar-refractivity contribution in [2.75, 3.05) is 11.5 Å². The van der Waals surface area contributed by atoms with E-state index < -0.39 is 11.4 Å². The number of carboxylic acid groups (broad SMARTS) is 1. The van der Waals surface area contributed by atoms with Crippen LogP contribution in [0.25, 0.3) is 0 Å². The lowest BCUT2D eigenvalue weighted by Gasteiger charge is -2.33. The van der Waals surface area contributed by atoms with Gasteiger partial charge in [-0.25, -0.2) is 0 Å². The fraction of sp³-hybridized carbons (Fsp3) is 0.857. The van der Waals surface area contributed by atoms with Crippen LogP contribution in [-0.2, 0) is 9.59 Å². The van der Waals surface area contributed by atoms with Crippen molar-refractivity contribution in [2.45, 2.75) is 57.4 Å². The Hall–Kier alpha value is -0.710. The summed E-state index contributed by atoms with van der Waals surface area (Å²) in [4.78, 5) is 23.6. The Morgan fingerprint density at radius 3 is 2.37 bits per heavy atom. The van der Waals surface area contributed by atoms with Gasteiger partial charge in [-0.2, -0.15) is 11.8 Å². The second kappa shape index (κ2) is 6.64. The van der Waals surface area contributed by atoms with E-state index in [0.29, 0.717) is 12.8 Å². The van der Waals surface area contributed by atoms with Gasteiger partial charge in [-0.3, -0.25) is 9.59 Å². The molecule has 0 unspecified atom stereocenters. The smallest absolute Gasteiger partial charge is 0.310 e. The highest BCUT2D eigenvalue weighted by Gasteiger charge is 2.41. The highest BCUT2D eigenvalue weighted by Crippen LogP contribution is 2.39. The minimum absolute atomic E-state index is 0.0683. The van der Waals surface area contributed by atoms with Crippen molar-refractivity contribution in [3.05, 3.63) is 0 Å². The molecule has 0 aromatic carbocycles. The van der Waals surface area contributed by atoms with Crippen LogP contribution in [0, 0.1) is 5.41 Å². The predicted octanol–water partition coefficient (Wildman–Crippen LogP) is 2.42. The van der Waals surface area contributed by atoms with Gasteiger partial charge in [0.2, 0.25) is 5.91 Å². The molecular weight excluding hydrogens is 262 g/mol. The second-order valence-electron chi connectivity index (χ2n) is 5.78. The molecule has 2 aliphatic rings. The summed E-state index contributed by atoms with van der Waals surface area (Å²) in [5.74, 6) is 1.33. The molecule has 19 heavy (non-hydrogen) atoms. The molecule has 0 atom stereocenters. The van der Waals surface area contributed by atoms with E-state index in [1.165, 1.54) is 0 Å². The largest absolute Gasteiger partial charge is 0.481 e. The van der Waals surface area contributed by atoms with Crippen LogP contribution in [0.5, 0.6) is 0 Å². The van der Waals surface area contributed by atoms with Gasteiger partial charge in [0.15, 0.2) is 0 Å². The predicted molar refractivity (Wildman–Crippen MR) is 76.3 cm³/mol. The Morgan fingerprint density at radius 1 is 1.16 bits per heavy atom. The van der Waals surface area contributed by atoms with Gasteiger partial charge in [-0.05, 0) is 37.2 Å². The molecule has 5 heteroatoms. The summed E-state index contributed by atoms with van der Waals surface area (Å²) in [5, 5.41) is 12.5. The van der Waals surface area contributed by atoms with Crippen LogP contribution in [0.3, 0.4) is 0 Å². The number of nitrogens with one attached hydrogen (secondary N) is 1. The number of carboxylic acids is 1. The SMILES string of the molecule is O=C(CC1(C(=O)O)CCCCC1)NC1CCSCC1. The Bertz CT molecular complexity index is 334. The molecule has 1 amide bonds. The number of rotatable bonds is 4. The summed E-state index contributed by atoms with van der Waals surface area (Å²) < 4.78 is 0. The molecule has 1 aliphatic carbocycles. The number of hydrogen-bond donors (Lipinski definition) is 2. The average Bonchev–Trinajstić information content (AvgIpc) is 2.40. The third-order valence-corrected chi connectivity index (χ3v) is 5.40. The third-order valence-electron chi connectivity index (χ3n) is 4.35. The van der Waals surface area contributed by atoms with Gasteiger partial charge in [0.05, 0.1) is 5.41 Å². The first-order valence-corrected chi connectivity index (χ1v) is 8.38. The summed E-state index contributed by atoms with van der Waals surface area (Å²) in [6.07, 6.45) is 6.43. The second-order valence-corrected chi connectivity index (χ2v) is 7.00. The van der Waals surface area contributed by atoms with Gasteiger partial charge >= 0.3 is 5.97 Å². The summed E-state index contributed by atoms with van der Waals surface area (Å²) in [5.41, 5.74) is -0.800. The van der Waals surface area contributed by atoms with Gasteiger partial charge in [0.1, 0.15) is 0 Å². The highest BCUT2D eigenvalue weighted by atomic mass is 32.2. The molecule has 108 valence electrons. The monoisotopic (exact) mass is 285 g/mol. The van der Waals surface area contributed by atoms with Crippen LogP contribution in [0.1, 0.15) is 51.4 Å². The van der Waals surface area contributed by atoms with Gasteiger partial charge in [0, 0.05) is 12.5 Å². The zero-order chi connectivity index (χ0) is 13.7. The molecule has 0 radical (unpaired) electrons. The van der Waals surface area contributed by atoms with Crippen molar-refractivity contribution in [2.24, 2.45) is 5.41 Å². The van der Waals surface area contributed by atoms with Crippen LogP contribution >= 0.6 is 11.8 Å². The molecule has 1 aliphatic heterocycles. The summed E-state index contributed by atoms with van der Waals surface area (Å²) in [6, 6.07) is 0.253. The van der Waals surface area contributed by atoms with Crippen molar-refractivity contribution >= 4 is 23.6 Å². The highest BCUT2D eigenvalue weighted by molar-refractivity contribution is 7.99. The molecule has 2 rings (SSSR count). The summed E-state index contributed by atoms with van der Waals surface area (Å²) in [7, 11) is 0. The standard InChI is InChI=1S/C14H23NO3S/c16-12(15-11-4-8-19-9-5-11)10-14(13(17)18)6-2-1-3-7-14/h11H,1-10H2,(H,15,16)(H,17,18). The molecule has 4 nitrogen and oxygen atoms in total. The van der Waals surface area contributed by atoms with E-state index in [1.54, 1.807) is 0 Å². The lowest BCUT2D eigenvalue weighted by molar-refractivity contribution is -0.154. The van der Waals surface area contributed by atoms with E-state index in [2.05, 4.69) is 5.32 Å². The van der Waals surface area contributed by atoms with Crippen LogP contribution in [0.2, 0.25) is 0 Å². The zero-order valence-electron chi connectivity index (χ0n) is 11.3. The van der Waals surface area contributed by atoms with E-state index in [-0.39, 0.29) is 18.4 Å². The van der Waals surface area contributed by atoms with E-state index in [1.807, 2.05) is 11.8 Å². The van der Waals surface area contributed by atoms with Crippen molar-refractivity contribution < 1.29 is 14.7 Å². The lowest BCUT2D eigenvalue weighted by atomic mass is 9.71. The summed E-state index contributed by atoms with van der Waals surface area (Å²) >= 11 is 1.92. The molecule has 1 saturated heterocycles. The summed E-state index contributed by atoms with van der Waals surface area (Å²) in [6.45, 7) is 0. The molecule has 0 bridgehead atoms. The Kier molecular flexibility index (Phi) is 5.13. The van der Waals surface area contributed by atoms with Crippen LogP contribution in [-0.4, -0.2) is 34.5 Å². The maximum atomic E-state index is 12.1. The Morgan fingerprint density at radius 2 is 1.79 bits per heavy atom. The van der Waals surface area contributed by atoms with Gasteiger partial charge in [-0.15, -0.1) is 0 Å². The molecule has 0 spiro atoms.